The van der Waals surface area contributed by atoms with Crippen molar-refractivity contribution in [1.82, 2.24) is 0 Å². The maximum Gasteiger partial charge on any atom is 0.509 e. The maximum absolute atomic E-state index is 12.8. The van der Waals surface area contributed by atoms with E-state index in [0.29, 0.717) is 0 Å². The molecule has 0 spiro atoms. The van der Waals surface area contributed by atoms with E-state index in [2.05, 4.69) is 4.74 Å². The summed E-state index contributed by atoms with van der Waals surface area (Å²) >= 11 is 0. The summed E-state index contributed by atoms with van der Waals surface area (Å²) in [5, 5.41) is 0. The van der Waals surface area contributed by atoms with E-state index in [1.54, 1.807) is 0 Å². The van der Waals surface area contributed by atoms with Crippen LogP contribution in [0.5, 0.6) is 0 Å². The summed E-state index contributed by atoms with van der Waals surface area (Å²) in [5.41, 5.74) is -1.05. The van der Waals surface area contributed by atoms with Gasteiger partial charge in [-0.05, 0) is 17.7 Å². The van der Waals surface area contributed by atoms with E-state index in [1.165, 1.54) is 7.11 Å². The van der Waals surface area contributed by atoms with Gasteiger partial charge in [-0.1, -0.05) is 6.07 Å². The molecule has 0 amide bonds. The zero-order chi connectivity index (χ0) is 12.2. The summed E-state index contributed by atoms with van der Waals surface area (Å²) in [7, 11) is 1.35. The van der Waals surface area contributed by atoms with Crippen LogP contribution in [0.2, 0.25) is 0 Å². The van der Waals surface area contributed by atoms with E-state index in [0.717, 1.165) is 18.2 Å². The molecule has 90 valence electrons. The third kappa shape index (κ3) is 3.50. The first-order valence-electron chi connectivity index (χ1n) is 4.50. The summed E-state index contributed by atoms with van der Waals surface area (Å²) in [6.45, 7) is -5.63. The molecule has 0 unspecified atom stereocenters. The van der Waals surface area contributed by atoms with Crippen molar-refractivity contribution in [3.8, 4) is 0 Å². The Balaban J connectivity index is 2.90. The monoisotopic (exact) mass is 237 g/mol. The third-order valence-electron chi connectivity index (χ3n) is 1.92. The molecule has 0 saturated heterocycles. The molecule has 2 nitrogen and oxygen atoms in total. The fourth-order valence-electron chi connectivity index (χ4n) is 1.25. The van der Waals surface area contributed by atoms with Crippen LogP contribution in [0.4, 0.5) is 17.3 Å². The van der Waals surface area contributed by atoms with Crippen LogP contribution in [-0.2, 0) is 16.1 Å². The van der Waals surface area contributed by atoms with Crippen molar-refractivity contribution in [1.29, 1.82) is 0 Å². The van der Waals surface area contributed by atoms with Gasteiger partial charge in [-0.3, -0.25) is 0 Å². The van der Waals surface area contributed by atoms with Crippen LogP contribution in [0.1, 0.15) is 5.56 Å². The predicted octanol–water partition coefficient (Wildman–Crippen LogP) is 2.00. The van der Waals surface area contributed by atoms with Crippen molar-refractivity contribution in [2.45, 2.75) is 6.61 Å². The summed E-state index contributed by atoms with van der Waals surface area (Å²) in [6.07, 6.45) is 0. The first-order valence-corrected chi connectivity index (χ1v) is 4.50. The Morgan fingerprint density at radius 2 is 1.94 bits per heavy atom. The van der Waals surface area contributed by atoms with E-state index >= 15 is 0 Å². The van der Waals surface area contributed by atoms with Crippen LogP contribution in [0.3, 0.4) is 0 Å². The molecule has 1 rings (SSSR count). The van der Waals surface area contributed by atoms with Gasteiger partial charge in [-0.15, -0.1) is 5.46 Å². The largest absolute Gasteiger partial charge is 0.509 e. The first-order chi connectivity index (χ1) is 7.45. The summed E-state index contributed by atoms with van der Waals surface area (Å²) < 4.78 is 59.7. The van der Waals surface area contributed by atoms with Gasteiger partial charge in [-0.25, -0.2) is 4.39 Å². The van der Waals surface area contributed by atoms with Crippen molar-refractivity contribution < 1.29 is 26.8 Å². The molecule has 7 heteroatoms. The van der Waals surface area contributed by atoms with Crippen molar-refractivity contribution in [2.24, 2.45) is 0 Å². The molecule has 16 heavy (non-hydrogen) atoms. The van der Waals surface area contributed by atoms with Crippen LogP contribution >= 0.6 is 0 Å². The van der Waals surface area contributed by atoms with Crippen molar-refractivity contribution >= 4 is 12.4 Å². The van der Waals surface area contributed by atoms with E-state index in [-0.39, 0.29) is 19.0 Å². The lowest BCUT2D eigenvalue weighted by Crippen LogP contribution is -2.37. The zero-order valence-electron chi connectivity index (χ0n) is 8.55. The van der Waals surface area contributed by atoms with Crippen molar-refractivity contribution in [3.63, 3.8) is 0 Å². The van der Waals surface area contributed by atoms with Gasteiger partial charge in [0.1, 0.15) is 12.6 Å². The first kappa shape index (κ1) is 13.0. The van der Waals surface area contributed by atoms with Crippen LogP contribution in [0.25, 0.3) is 0 Å². The smallest absolute Gasteiger partial charge is 0.445 e. The van der Waals surface area contributed by atoms with Crippen LogP contribution in [0.15, 0.2) is 18.2 Å². The van der Waals surface area contributed by atoms with E-state index < -0.39 is 18.3 Å². The van der Waals surface area contributed by atoms with Gasteiger partial charge >= 0.3 is 6.98 Å². The second-order valence-electron chi connectivity index (χ2n) is 3.17. The molecule has 0 saturated carbocycles. The van der Waals surface area contributed by atoms with Gasteiger partial charge in [-0.2, -0.15) is 0 Å². The number of hydrogen-bond acceptors (Lipinski definition) is 2. The topological polar surface area (TPSA) is 18.5 Å². The highest BCUT2D eigenvalue weighted by Gasteiger charge is 2.28. The fraction of sp³-hybridized carbons (Fsp3) is 0.333. The normalized spacial score (nSPS) is 11.8. The van der Waals surface area contributed by atoms with Crippen molar-refractivity contribution in [3.05, 3.63) is 29.6 Å². The molecule has 0 aliphatic rings. The number of hydrogen-bond donors (Lipinski definition) is 0. The lowest BCUT2D eigenvalue weighted by Gasteiger charge is -2.19. The Bertz CT molecular complexity index is 354. The molecule has 0 aliphatic carbocycles. The van der Waals surface area contributed by atoms with Gasteiger partial charge in [0.25, 0.3) is 0 Å². The molecule has 0 N–H and O–H groups in total. The van der Waals surface area contributed by atoms with Gasteiger partial charge in [0.05, 0.1) is 6.61 Å². The highest BCUT2D eigenvalue weighted by atomic mass is 19.4. The van der Waals surface area contributed by atoms with E-state index in [9.17, 15) is 17.3 Å². The molecule has 0 bridgehead atoms. The van der Waals surface area contributed by atoms with Gasteiger partial charge < -0.3 is 22.4 Å². The molecule has 0 heterocycles. The average Bonchev–Trinajstić information content (AvgIpc) is 2.16. The molecular weight excluding hydrogens is 227 g/mol. The number of ether oxygens (including phenoxy) is 2. The standard InChI is InChI=1S/C9H10BF4O2/c1-15-6-16-5-7-4-8(11)2-3-9(7)10(12,13)14/h2-4H,5-6H2,1H3/q-1. The van der Waals surface area contributed by atoms with Gasteiger partial charge in [0.2, 0.25) is 0 Å². The Labute approximate surface area is 90.2 Å². The Hall–Kier alpha value is -1.08. The van der Waals surface area contributed by atoms with Gasteiger partial charge in [0, 0.05) is 7.11 Å². The van der Waals surface area contributed by atoms with Crippen LogP contribution < -0.4 is 5.46 Å². The molecule has 0 aliphatic heterocycles. The minimum absolute atomic E-state index is 0.138. The predicted molar refractivity (Wildman–Crippen MR) is 51.8 cm³/mol. The highest BCUT2D eigenvalue weighted by molar-refractivity contribution is 6.74. The number of benzene rings is 1. The molecule has 0 fully saturated rings. The molecule has 1 aromatic rings. The van der Waals surface area contributed by atoms with Crippen molar-refractivity contribution in [2.75, 3.05) is 13.9 Å². The SMILES string of the molecule is COCOCc1cc(F)ccc1[B-](F)(F)F. The maximum atomic E-state index is 12.8. The lowest BCUT2D eigenvalue weighted by molar-refractivity contribution is -0.0389. The Morgan fingerprint density at radius 1 is 1.25 bits per heavy atom. The second kappa shape index (κ2) is 5.31. The number of methoxy groups -OCH3 is 1. The molecule has 0 aromatic heterocycles. The van der Waals surface area contributed by atoms with E-state index in [4.69, 9.17) is 4.74 Å². The van der Waals surface area contributed by atoms with Gasteiger partial charge in [0.15, 0.2) is 0 Å². The number of rotatable bonds is 5. The fourth-order valence-corrected chi connectivity index (χ4v) is 1.25. The molecule has 1 aromatic carbocycles. The van der Waals surface area contributed by atoms with Crippen LogP contribution in [-0.4, -0.2) is 20.9 Å². The molecule has 0 atom stereocenters. The molecular formula is C9H10BF4O2-. The van der Waals surface area contributed by atoms with E-state index in [1.807, 2.05) is 0 Å². The summed E-state index contributed by atoms with van der Waals surface area (Å²) in [6, 6.07) is 2.32. The zero-order valence-corrected chi connectivity index (χ0v) is 8.55. The molecule has 0 radical (unpaired) electrons. The Morgan fingerprint density at radius 3 is 2.50 bits per heavy atom. The minimum atomic E-state index is -5.16. The lowest BCUT2D eigenvalue weighted by atomic mass is 9.77. The Kier molecular flexibility index (Phi) is 4.31. The van der Waals surface area contributed by atoms with Crippen LogP contribution in [0, 0.1) is 5.82 Å². The summed E-state index contributed by atoms with van der Waals surface area (Å²) in [4.78, 5) is 0. The quantitative estimate of drug-likeness (QED) is 0.337. The highest BCUT2D eigenvalue weighted by Crippen LogP contribution is 2.14. The average molecular weight is 237 g/mol. The second-order valence-corrected chi connectivity index (χ2v) is 3.17. The number of halogens is 4. The summed E-state index contributed by atoms with van der Waals surface area (Å²) in [5.74, 6) is -0.722. The minimum Gasteiger partial charge on any atom is -0.445 e. The third-order valence-corrected chi connectivity index (χ3v) is 1.92.